The van der Waals surface area contributed by atoms with E-state index in [2.05, 4.69) is 10.6 Å². The SMILES string of the molecule is CC(C(=O)NC(C)(C(=O)O)c1ccccc1)C1CNC1. The fraction of sp³-hybridized carbons (Fsp3) is 0.467. The van der Waals surface area contributed by atoms with Crippen LogP contribution in [-0.2, 0) is 15.1 Å². The van der Waals surface area contributed by atoms with Crippen LogP contribution in [0.3, 0.4) is 0 Å². The molecule has 1 aliphatic rings. The number of carbonyl (C=O) groups is 2. The Balaban J connectivity index is 2.17. The molecule has 1 amide bonds. The van der Waals surface area contributed by atoms with Gasteiger partial charge in [0.15, 0.2) is 5.54 Å². The summed E-state index contributed by atoms with van der Waals surface area (Å²) < 4.78 is 0. The Morgan fingerprint density at radius 1 is 1.35 bits per heavy atom. The summed E-state index contributed by atoms with van der Waals surface area (Å²) in [6.45, 7) is 4.98. The van der Waals surface area contributed by atoms with Crippen LogP contribution >= 0.6 is 0 Å². The number of carboxylic acid groups (broad SMARTS) is 1. The van der Waals surface area contributed by atoms with Gasteiger partial charge in [0.25, 0.3) is 0 Å². The molecule has 0 aliphatic carbocycles. The molecular formula is C15H20N2O3. The highest BCUT2D eigenvalue weighted by molar-refractivity contribution is 5.88. The highest BCUT2D eigenvalue weighted by Crippen LogP contribution is 2.23. The van der Waals surface area contributed by atoms with Crippen LogP contribution in [0.25, 0.3) is 0 Å². The first-order valence-electron chi connectivity index (χ1n) is 6.77. The van der Waals surface area contributed by atoms with Gasteiger partial charge in [0.05, 0.1) is 0 Å². The van der Waals surface area contributed by atoms with E-state index in [1.54, 1.807) is 24.3 Å². The molecule has 1 aromatic carbocycles. The van der Waals surface area contributed by atoms with Crippen LogP contribution in [-0.4, -0.2) is 30.1 Å². The van der Waals surface area contributed by atoms with Crippen LogP contribution in [0.15, 0.2) is 30.3 Å². The molecule has 2 atom stereocenters. The molecule has 1 fully saturated rings. The molecule has 1 heterocycles. The number of hydrogen-bond acceptors (Lipinski definition) is 3. The lowest BCUT2D eigenvalue weighted by molar-refractivity contribution is -0.148. The van der Waals surface area contributed by atoms with E-state index in [9.17, 15) is 14.7 Å². The van der Waals surface area contributed by atoms with Crippen LogP contribution in [0.5, 0.6) is 0 Å². The van der Waals surface area contributed by atoms with Gasteiger partial charge >= 0.3 is 5.97 Å². The van der Waals surface area contributed by atoms with Gasteiger partial charge in [-0.05, 0) is 31.5 Å². The number of aliphatic carboxylic acids is 1. The third kappa shape index (κ3) is 2.67. The minimum absolute atomic E-state index is 0.196. The number of nitrogens with one attached hydrogen (secondary N) is 2. The van der Waals surface area contributed by atoms with Crippen molar-refractivity contribution in [2.24, 2.45) is 11.8 Å². The minimum atomic E-state index is -1.40. The van der Waals surface area contributed by atoms with Crippen molar-refractivity contribution in [1.82, 2.24) is 10.6 Å². The Hall–Kier alpha value is -1.88. The maximum atomic E-state index is 12.3. The zero-order valence-electron chi connectivity index (χ0n) is 11.7. The number of carboxylic acids is 1. The number of hydrogen-bond donors (Lipinski definition) is 3. The Morgan fingerprint density at radius 3 is 2.40 bits per heavy atom. The Bertz CT molecular complexity index is 499. The first-order chi connectivity index (χ1) is 9.45. The van der Waals surface area contributed by atoms with Crippen LogP contribution < -0.4 is 10.6 Å². The average Bonchev–Trinajstić information content (AvgIpc) is 2.37. The lowest BCUT2D eigenvalue weighted by Gasteiger charge is -2.34. The van der Waals surface area contributed by atoms with Crippen LogP contribution in [0.1, 0.15) is 19.4 Å². The van der Waals surface area contributed by atoms with Gasteiger partial charge in [0.1, 0.15) is 0 Å². The summed E-state index contributed by atoms with van der Waals surface area (Å²) in [5, 5.41) is 15.3. The van der Waals surface area contributed by atoms with E-state index >= 15 is 0 Å². The van der Waals surface area contributed by atoms with Crippen LogP contribution in [0.4, 0.5) is 0 Å². The third-order valence-electron chi connectivity index (χ3n) is 4.09. The summed E-state index contributed by atoms with van der Waals surface area (Å²) in [7, 11) is 0. The van der Waals surface area contributed by atoms with Gasteiger partial charge in [-0.3, -0.25) is 4.79 Å². The lowest BCUT2D eigenvalue weighted by Crippen LogP contribution is -2.55. The van der Waals surface area contributed by atoms with Crippen LogP contribution in [0, 0.1) is 11.8 Å². The molecule has 2 rings (SSSR count). The molecule has 0 bridgehead atoms. The van der Waals surface area contributed by atoms with E-state index in [0.717, 1.165) is 13.1 Å². The zero-order valence-corrected chi connectivity index (χ0v) is 11.7. The molecule has 5 heteroatoms. The number of amides is 1. The fourth-order valence-corrected chi connectivity index (χ4v) is 2.26. The molecule has 2 unspecified atom stereocenters. The molecule has 0 saturated carbocycles. The second kappa shape index (κ2) is 5.63. The van der Waals surface area contributed by atoms with Crippen molar-refractivity contribution in [1.29, 1.82) is 0 Å². The predicted octanol–water partition coefficient (Wildman–Crippen LogP) is 0.958. The molecule has 108 valence electrons. The second-order valence-corrected chi connectivity index (χ2v) is 5.49. The van der Waals surface area contributed by atoms with Gasteiger partial charge in [-0.2, -0.15) is 0 Å². The average molecular weight is 276 g/mol. The Morgan fingerprint density at radius 2 is 1.95 bits per heavy atom. The highest BCUT2D eigenvalue weighted by atomic mass is 16.4. The van der Waals surface area contributed by atoms with Crippen molar-refractivity contribution in [3.05, 3.63) is 35.9 Å². The summed E-state index contributed by atoms with van der Waals surface area (Å²) in [5.41, 5.74) is -0.830. The van der Waals surface area contributed by atoms with Gasteiger partial charge in [0.2, 0.25) is 5.91 Å². The lowest BCUT2D eigenvalue weighted by atomic mass is 9.86. The van der Waals surface area contributed by atoms with Crippen molar-refractivity contribution >= 4 is 11.9 Å². The van der Waals surface area contributed by atoms with Crippen LogP contribution in [0.2, 0.25) is 0 Å². The quantitative estimate of drug-likeness (QED) is 0.748. The Labute approximate surface area is 118 Å². The van der Waals surface area contributed by atoms with E-state index in [-0.39, 0.29) is 17.7 Å². The van der Waals surface area contributed by atoms with E-state index < -0.39 is 11.5 Å². The number of carbonyl (C=O) groups excluding carboxylic acids is 1. The van der Waals surface area contributed by atoms with Crippen molar-refractivity contribution in [3.8, 4) is 0 Å². The zero-order chi connectivity index (χ0) is 14.8. The molecule has 5 nitrogen and oxygen atoms in total. The third-order valence-corrected chi connectivity index (χ3v) is 4.09. The van der Waals surface area contributed by atoms with E-state index in [4.69, 9.17) is 0 Å². The number of rotatable bonds is 5. The molecular weight excluding hydrogens is 256 g/mol. The van der Waals surface area contributed by atoms with Crippen molar-refractivity contribution in [2.45, 2.75) is 19.4 Å². The van der Waals surface area contributed by atoms with E-state index in [0.29, 0.717) is 5.56 Å². The van der Waals surface area contributed by atoms with E-state index in [1.807, 2.05) is 13.0 Å². The summed E-state index contributed by atoms with van der Waals surface area (Å²) in [6, 6.07) is 8.77. The van der Waals surface area contributed by atoms with Crippen molar-refractivity contribution < 1.29 is 14.7 Å². The van der Waals surface area contributed by atoms with Crippen molar-refractivity contribution in [2.75, 3.05) is 13.1 Å². The first kappa shape index (κ1) is 14.5. The number of benzene rings is 1. The Kier molecular flexibility index (Phi) is 4.09. The maximum Gasteiger partial charge on any atom is 0.333 e. The topological polar surface area (TPSA) is 78.4 Å². The molecule has 1 saturated heterocycles. The van der Waals surface area contributed by atoms with E-state index in [1.165, 1.54) is 6.92 Å². The standard InChI is InChI=1S/C15H20N2O3/c1-10(11-8-16-9-11)13(18)17-15(2,14(19)20)12-6-4-3-5-7-12/h3-7,10-11,16H,8-9H2,1-2H3,(H,17,18)(H,19,20). The van der Waals surface area contributed by atoms with Gasteiger partial charge in [-0.15, -0.1) is 0 Å². The molecule has 0 radical (unpaired) electrons. The highest BCUT2D eigenvalue weighted by Gasteiger charge is 2.39. The monoisotopic (exact) mass is 276 g/mol. The molecule has 1 aromatic rings. The molecule has 20 heavy (non-hydrogen) atoms. The molecule has 0 spiro atoms. The summed E-state index contributed by atoms with van der Waals surface area (Å²) in [4.78, 5) is 23.9. The minimum Gasteiger partial charge on any atom is -0.479 e. The summed E-state index contributed by atoms with van der Waals surface area (Å²) in [6.07, 6.45) is 0. The normalized spacial score (nSPS) is 19.5. The van der Waals surface area contributed by atoms with Gasteiger partial charge in [-0.25, -0.2) is 4.79 Å². The fourth-order valence-electron chi connectivity index (χ4n) is 2.26. The predicted molar refractivity (Wildman–Crippen MR) is 75.1 cm³/mol. The summed E-state index contributed by atoms with van der Waals surface area (Å²) in [5.74, 6) is -1.19. The van der Waals surface area contributed by atoms with Gasteiger partial charge in [0, 0.05) is 5.92 Å². The van der Waals surface area contributed by atoms with Gasteiger partial charge < -0.3 is 15.7 Å². The van der Waals surface area contributed by atoms with Gasteiger partial charge in [-0.1, -0.05) is 37.3 Å². The van der Waals surface area contributed by atoms with Crippen molar-refractivity contribution in [3.63, 3.8) is 0 Å². The summed E-state index contributed by atoms with van der Waals surface area (Å²) >= 11 is 0. The largest absolute Gasteiger partial charge is 0.479 e. The molecule has 0 aromatic heterocycles. The second-order valence-electron chi connectivity index (χ2n) is 5.49. The first-order valence-corrected chi connectivity index (χ1v) is 6.77. The molecule has 1 aliphatic heterocycles. The molecule has 3 N–H and O–H groups in total. The smallest absolute Gasteiger partial charge is 0.333 e. The maximum absolute atomic E-state index is 12.3.